The summed E-state index contributed by atoms with van der Waals surface area (Å²) in [4.78, 5) is 19.4. The molecule has 0 aliphatic carbocycles. The van der Waals surface area contributed by atoms with Gasteiger partial charge in [-0.25, -0.2) is 4.98 Å². The number of methoxy groups -OCH3 is 2. The topological polar surface area (TPSA) is 73.4 Å². The second-order valence-electron chi connectivity index (χ2n) is 6.82. The largest absolute Gasteiger partial charge is 0.489 e. The molecule has 152 valence electrons. The van der Waals surface area contributed by atoms with E-state index >= 15 is 0 Å². The number of nitrogens with zero attached hydrogens (tertiary/aromatic N) is 1. The van der Waals surface area contributed by atoms with E-state index in [4.69, 9.17) is 14.2 Å². The second kappa shape index (κ2) is 8.90. The number of fused-ring (bicyclic) bond motifs is 1. The second-order valence-corrected chi connectivity index (χ2v) is 6.82. The molecule has 0 aliphatic rings. The molecular weight excluding hydrogens is 380 g/mol. The van der Waals surface area contributed by atoms with E-state index in [1.165, 1.54) is 20.3 Å². The van der Waals surface area contributed by atoms with Gasteiger partial charge in [0, 0.05) is 25.8 Å². The van der Waals surface area contributed by atoms with Crippen LogP contribution in [-0.4, -0.2) is 24.2 Å². The van der Waals surface area contributed by atoms with Gasteiger partial charge in [-0.1, -0.05) is 48.5 Å². The van der Waals surface area contributed by atoms with Crippen LogP contribution in [0.2, 0.25) is 0 Å². The molecule has 0 unspecified atom stereocenters. The van der Waals surface area contributed by atoms with Gasteiger partial charge in [0.1, 0.15) is 23.9 Å². The molecule has 1 heterocycles. The number of nitrogens with one attached hydrogen (secondary N) is 1. The SMILES string of the molecule is COC(OC)c1cc(=O)[nH]c(-c2ccc3cc(OCc4ccccc4)ccc3c2)n1. The maximum Gasteiger partial charge on any atom is 0.251 e. The highest BCUT2D eigenvalue weighted by Gasteiger charge is 2.14. The minimum atomic E-state index is -0.698. The molecule has 4 aromatic rings. The van der Waals surface area contributed by atoms with E-state index in [0.29, 0.717) is 18.1 Å². The van der Waals surface area contributed by atoms with E-state index in [2.05, 4.69) is 9.97 Å². The first kappa shape index (κ1) is 19.8. The molecule has 0 amide bonds. The van der Waals surface area contributed by atoms with Crippen LogP contribution in [0.4, 0.5) is 0 Å². The first-order valence-electron chi connectivity index (χ1n) is 9.54. The monoisotopic (exact) mass is 402 g/mol. The molecule has 30 heavy (non-hydrogen) atoms. The molecule has 0 bridgehead atoms. The first-order valence-corrected chi connectivity index (χ1v) is 9.54. The Labute approximate surface area is 174 Å². The lowest BCUT2D eigenvalue weighted by molar-refractivity contribution is -0.108. The Morgan fingerprint density at radius 2 is 1.63 bits per heavy atom. The Hall–Kier alpha value is -3.48. The number of aromatic nitrogens is 2. The van der Waals surface area contributed by atoms with Crippen LogP contribution < -0.4 is 10.3 Å². The van der Waals surface area contributed by atoms with Crippen molar-refractivity contribution in [3.8, 4) is 17.1 Å². The lowest BCUT2D eigenvalue weighted by Gasteiger charge is -2.13. The van der Waals surface area contributed by atoms with E-state index in [1.54, 1.807) is 0 Å². The summed E-state index contributed by atoms with van der Waals surface area (Å²) < 4.78 is 16.3. The third-order valence-corrected chi connectivity index (χ3v) is 4.76. The molecule has 6 nitrogen and oxygen atoms in total. The van der Waals surface area contributed by atoms with E-state index in [9.17, 15) is 4.79 Å². The van der Waals surface area contributed by atoms with Crippen LogP contribution in [0, 0.1) is 0 Å². The molecule has 0 saturated heterocycles. The van der Waals surface area contributed by atoms with E-state index in [1.807, 2.05) is 66.7 Å². The van der Waals surface area contributed by atoms with Gasteiger partial charge in [0.25, 0.3) is 5.56 Å². The summed E-state index contributed by atoms with van der Waals surface area (Å²) in [6, 6.07) is 23.2. The van der Waals surface area contributed by atoms with Crippen molar-refractivity contribution >= 4 is 10.8 Å². The Kier molecular flexibility index (Phi) is 5.88. The Balaban J connectivity index is 1.60. The molecule has 0 saturated carbocycles. The summed E-state index contributed by atoms with van der Waals surface area (Å²) in [5.74, 6) is 1.26. The van der Waals surface area contributed by atoms with Crippen molar-refractivity contribution < 1.29 is 14.2 Å². The molecule has 6 heteroatoms. The molecule has 1 N–H and O–H groups in total. The van der Waals surface area contributed by atoms with Gasteiger partial charge in [0.05, 0.1) is 0 Å². The van der Waals surface area contributed by atoms with Crippen molar-refractivity contribution in [2.45, 2.75) is 12.9 Å². The number of H-pyrrole nitrogens is 1. The Morgan fingerprint density at radius 1 is 0.900 bits per heavy atom. The smallest absolute Gasteiger partial charge is 0.251 e. The van der Waals surface area contributed by atoms with Crippen molar-refractivity contribution in [2.75, 3.05) is 14.2 Å². The van der Waals surface area contributed by atoms with Crippen molar-refractivity contribution in [1.29, 1.82) is 0 Å². The quantitative estimate of drug-likeness (QED) is 0.462. The van der Waals surface area contributed by atoms with E-state index < -0.39 is 6.29 Å². The van der Waals surface area contributed by atoms with Gasteiger partial charge in [-0.3, -0.25) is 4.79 Å². The van der Waals surface area contributed by atoms with E-state index in [0.717, 1.165) is 27.6 Å². The molecule has 4 rings (SSSR count). The number of aromatic amines is 1. The van der Waals surface area contributed by atoms with Gasteiger partial charge in [0.2, 0.25) is 6.29 Å². The molecule has 3 aromatic carbocycles. The van der Waals surface area contributed by atoms with E-state index in [-0.39, 0.29) is 5.56 Å². The zero-order valence-corrected chi connectivity index (χ0v) is 16.8. The summed E-state index contributed by atoms with van der Waals surface area (Å²) in [6.07, 6.45) is -0.698. The van der Waals surface area contributed by atoms with Crippen LogP contribution in [0.5, 0.6) is 5.75 Å². The zero-order valence-electron chi connectivity index (χ0n) is 16.8. The summed E-state index contributed by atoms with van der Waals surface area (Å²) in [5.41, 5.74) is 2.07. The molecule has 1 aromatic heterocycles. The minimum Gasteiger partial charge on any atom is -0.489 e. The number of ether oxygens (including phenoxy) is 3. The maximum absolute atomic E-state index is 12.1. The molecule has 0 atom stereocenters. The van der Waals surface area contributed by atoms with Crippen LogP contribution in [0.1, 0.15) is 17.5 Å². The van der Waals surface area contributed by atoms with Crippen LogP contribution >= 0.6 is 0 Å². The molecule has 0 spiro atoms. The van der Waals surface area contributed by atoms with Gasteiger partial charge >= 0.3 is 0 Å². The minimum absolute atomic E-state index is 0.265. The predicted molar refractivity (Wildman–Crippen MR) is 115 cm³/mol. The lowest BCUT2D eigenvalue weighted by atomic mass is 10.1. The van der Waals surface area contributed by atoms with Crippen molar-refractivity contribution in [1.82, 2.24) is 9.97 Å². The molecule has 0 aliphatic heterocycles. The van der Waals surface area contributed by atoms with Gasteiger partial charge in [-0.2, -0.15) is 0 Å². The Bertz CT molecular complexity index is 1200. The van der Waals surface area contributed by atoms with Gasteiger partial charge in [-0.05, 0) is 34.5 Å². The summed E-state index contributed by atoms with van der Waals surface area (Å²) >= 11 is 0. The normalized spacial score (nSPS) is 11.2. The molecule has 0 fully saturated rings. The van der Waals surface area contributed by atoms with Gasteiger partial charge < -0.3 is 19.2 Å². The highest BCUT2D eigenvalue weighted by Crippen LogP contribution is 2.26. The number of rotatable bonds is 7. The zero-order chi connectivity index (χ0) is 20.9. The third kappa shape index (κ3) is 4.40. The first-order chi connectivity index (χ1) is 14.7. The average molecular weight is 402 g/mol. The average Bonchev–Trinajstić information content (AvgIpc) is 2.78. The summed E-state index contributed by atoms with van der Waals surface area (Å²) in [5, 5.41) is 2.05. The molecular formula is C24H22N2O4. The third-order valence-electron chi connectivity index (χ3n) is 4.76. The van der Waals surface area contributed by atoms with Gasteiger partial charge in [0.15, 0.2) is 0 Å². The number of hydrogen-bond acceptors (Lipinski definition) is 5. The molecule has 0 radical (unpaired) electrons. The Morgan fingerprint density at radius 3 is 2.40 bits per heavy atom. The fourth-order valence-electron chi connectivity index (χ4n) is 3.27. The summed E-state index contributed by atoms with van der Waals surface area (Å²) in [7, 11) is 3.01. The van der Waals surface area contributed by atoms with Crippen LogP contribution in [0.15, 0.2) is 77.6 Å². The van der Waals surface area contributed by atoms with Gasteiger partial charge in [-0.15, -0.1) is 0 Å². The van der Waals surface area contributed by atoms with Crippen LogP contribution in [0.3, 0.4) is 0 Å². The fourth-order valence-corrected chi connectivity index (χ4v) is 3.27. The highest BCUT2D eigenvalue weighted by molar-refractivity contribution is 5.87. The summed E-state index contributed by atoms with van der Waals surface area (Å²) in [6.45, 7) is 0.516. The van der Waals surface area contributed by atoms with Crippen LogP contribution in [0.25, 0.3) is 22.2 Å². The highest BCUT2D eigenvalue weighted by atomic mass is 16.7. The maximum atomic E-state index is 12.1. The van der Waals surface area contributed by atoms with Crippen molar-refractivity contribution in [2.24, 2.45) is 0 Å². The number of benzene rings is 3. The fraction of sp³-hybridized carbons (Fsp3) is 0.167. The van der Waals surface area contributed by atoms with Crippen molar-refractivity contribution in [3.63, 3.8) is 0 Å². The lowest BCUT2D eigenvalue weighted by Crippen LogP contribution is -2.15. The van der Waals surface area contributed by atoms with Crippen LogP contribution in [-0.2, 0) is 16.1 Å². The standard InChI is InChI=1S/C24H22N2O4/c1-28-24(29-2)21-14-22(27)26-23(25-21)19-9-8-18-13-20(11-10-17(18)12-19)30-15-16-6-4-3-5-7-16/h3-14,24H,15H2,1-2H3,(H,25,26,27). The number of hydrogen-bond donors (Lipinski definition) is 1. The van der Waals surface area contributed by atoms with Crippen molar-refractivity contribution in [3.05, 3.63) is 94.4 Å². The predicted octanol–water partition coefficient (Wildman–Crippen LogP) is 4.46.